The van der Waals surface area contributed by atoms with Crippen molar-refractivity contribution in [3.8, 4) is 22.8 Å². The third-order valence-electron chi connectivity index (χ3n) is 4.78. The Balaban J connectivity index is 1.58. The molecule has 4 rings (SSSR count). The molecule has 0 saturated carbocycles. The molecule has 3 aromatic rings. The summed E-state index contributed by atoms with van der Waals surface area (Å²) >= 11 is 1.68. The van der Waals surface area contributed by atoms with Gasteiger partial charge in [0.1, 0.15) is 0 Å². The minimum absolute atomic E-state index is 0.0959. The van der Waals surface area contributed by atoms with E-state index in [0.717, 1.165) is 24.9 Å². The second-order valence-electron chi connectivity index (χ2n) is 6.32. The predicted molar refractivity (Wildman–Crippen MR) is 102 cm³/mol. The monoisotopic (exact) mass is 384 g/mol. The molecule has 1 atom stereocenters. The van der Waals surface area contributed by atoms with Crippen molar-refractivity contribution in [2.45, 2.75) is 18.9 Å². The fraction of sp³-hybridized carbons (Fsp3) is 0.300. The molecular formula is C20H20N2O4S. The van der Waals surface area contributed by atoms with E-state index in [1.807, 2.05) is 22.4 Å². The molecule has 1 saturated heterocycles. The molecule has 0 N–H and O–H groups in total. The molecule has 0 aliphatic carbocycles. The molecule has 0 bridgehead atoms. The fourth-order valence-electron chi connectivity index (χ4n) is 3.44. The number of hydrogen-bond acceptors (Lipinski definition) is 6. The first-order valence-corrected chi connectivity index (χ1v) is 9.62. The Bertz CT molecular complexity index is 935. The maximum absolute atomic E-state index is 13.0. The molecular weight excluding hydrogens is 364 g/mol. The number of likely N-dealkylation sites (tertiary alicyclic amines) is 1. The number of amides is 1. The number of rotatable bonds is 5. The van der Waals surface area contributed by atoms with Crippen molar-refractivity contribution in [1.82, 2.24) is 10.1 Å². The van der Waals surface area contributed by atoms with Gasteiger partial charge in [-0.15, -0.1) is 11.3 Å². The second-order valence-corrected chi connectivity index (χ2v) is 7.30. The SMILES string of the molecule is COc1ccc(-c2cc(C(=O)N3CCC[C@@H]3c3cccs3)no2)cc1OC. The normalized spacial score (nSPS) is 16.5. The van der Waals surface area contributed by atoms with Crippen LogP contribution in [-0.4, -0.2) is 36.7 Å². The summed E-state index contributed by atoms with van der Waals surface area (Å²) in [5, 5.41) is 6.06. The fourth-order valence-corrected chi connectivity index (χ4v) is 4.31. The molecule has 7 heteroatoms. The summed E-state index contributed by atoms with van der Waals surface area (Å²) in [4.78, 5) is 16.1. The first-order valence-electron chi connectivity index (χ1n) is 8.74. The Morgan fingerprint density at radius 3 is 2.81 bits per heavy atom. The summed E-state index contributed by atoms with van der Waals surface area (Å²) in [6.07, 6.45) is 1.97. The smallest absolute Gasteiger partial charge is 0.276 e. The van der Waals surface area contributed by atoms with Crippen LogP contribution in [0, 0.1) is 0 Å². The standard InChI is InChI=1S/C20H20N2O4S/c1-24-16-8-7-13(11-18(16)25-2)17-12-14(21-26-17)20(23)22-9-3-5-15(22)19-6-4-10-27-19/h4,6-8,10-12,15H,3,5,9H2,1-2H3/t15-/m1/s1. The van der Waals surface area contributed by atoms with Gasteiger partial charge in [0.05, 0.1) is 20.3 Å². The molecule has 1 aromatic carbocycles. The van der Waals surface area contributed by atoms with Crippen LogP contribution in [0.2, 0.25) is 0 Å². The zero-order valence-electron chi connectivity index (χ0n) is 15.2. The molecule has 3 heterocycles. The van der Waals surface area contributed by atoms with E-state index < -0.39 is 0 Å². The zero-order valence-corrected chi connectivity index (χ0v) is 16.0. The van der Waals surface area contributed by atoms with E-state index >= 15 is 0 Å². The van der Waals surface area contributed by atoms with Crippen LogP contribution in [0.15, 0.2) is 46.3 Å². The van der Waals surface area contributed by atoms with Crippen LogP contribution in [-0.2, 0) is 0 Å². The van der Waals surface area contributed by atoms with Gasteiger partial charge in [-0.2, -0.15) is 0 Å². The summed E-state index contributed by atoms with van der Waals surface area (Å²) in [5.41, 5.74) is 1.10. The van der Waals surface area contributed by atoms with Crippen LogP contribution in [0.4, 0.5) is 0 Å². The van der Waals surface area contributed by atoms with Gasteiger partial charge in [0, 0.05) is 23.1 Å². The van der Waals surface area contributed by atoms with Crippen LogP contribution in [0.5, 0.6) is 11.5 Å². The van der Waals surface area contributed by atoms with Gasteiger partial charge in [-0.05, 0) is 42.5 Å². The van der Waals surface area contributed by atoms with E-state index in [2.05, 4.69) is 11.2 Å². The highest BCUT2D eigenvalue weighted by atomic mass is 32.1. The van der Waals surface area contributed by atoms with Crippen molar-refractivity contribution >= 4 is 17.2 Å². The molecule has 1 aliphatic heterocycles. The van der Waals surface area contributed by atoms with E-state index in [1.165, 1.54) is 4.88 Å². The van der Waals surface area contributed by atoms with E-state index in [-0.39, 0.29) is 11.9 Å². The second kappa shape index (κ2) is 7.44. The average molecular weight is 384 g/mol. The minimum atomic E-state index is -0.0959. The van der Waals surface area contributed by atoms with Gasteiger partial charge in [-0.3, -0.25) is 4.79 Å². The number of carbonyl (C=O) groups excluding carboxylic acids is 1. The molecule has 140 valence electrons. The van der Waals surface area contributed by atoms with Crippen LogP contribution >= 0.6 is 11.3 Å². The molecule has 0 unspecified atom stereocenters. The van der Waals surface area contributed by atoms with Gasteiger partial charge >= 0.3 is 0 Å². The Morgan fingerprint density at radius 1 is 1.22 bits per heavy atom. The maximum Gasteiger partial charge on any atom is 0.276 e. The Kier molecular flexibility index (Phi) is 4.85. The molecule has 1 amide bonds. The number of ether oxygens (including phenoxy) is 2. The summed E-state index contributed by atoms with van der Waals surface area (Å²) in [7, 11) is 3.16. The molecule has 0 spiro atoms. The molecule has 1 fully saturated rings. The topological polar surface area (TPSA) is 64.8 Å². The van der Waals surface area contributed by atoms with Crippen molar-refractivity contribution in [2.24, 2.45) is 0 Å². The average Bonchev–Trinajstić information content (AvgIpc) is 3.47. The number of aromatic nitrogens is 1. The number of nitrogens with zero attached hydrogens (tertiary/aromatic N) is 2. The summed E-state index contributed by atoms with van der Waals surface area (Å²) in [6, 6.07) is 11.4. The highest BCUT2D eigenvalue weighted by Crippen LogP contribution is 2.36. The lowest BCUT2D eigenvalue weighted by molar-refractivity contribution is 0.0727. The van der Waals surface area contributed by atoms with Gasteiger partial charge in [0.15, 0.2) is 23.0 Å². The third kappa shape index (κ3) is 3.30. The maximum atomic E-state index is 13.0. The number of benzene rings is 1. The number of hydrogen-bond donors (Lipinski definition) is 0. The number of thiophene rings is 1. The highest BCUT2D eigenvalue weighted by molar-refractivity contribution is 7.10. The Labute approximate surface area is 161 Å². The van der Waals surface area contributed by atoms with Crippen LogP contribution < -0.4 is 9.47 Å². The van der Waals surface area contributed by atoms with Crippen LogP contribution in [0.1, 0.15) is 34.2 Å². The van der Waals surface area contributed by atoms with E-state index in [1.54, 1.807) is 43.8 Å². The molecule has 1 aliphatic rings. The minimum Gasteiger partial charge on any atom is -0.493 e. The molecule has 6 nitrogen and oxygen atoms in total. The van der Waals surface area contributed by atoms with Gasteiger partial charge in [0.2, 0.25) is 0 Å². The van der Waals surface area contributed by atoms with Gasteiger partial charge < -0.3 is 18.9 Å². The van der Waals surface area contributed by atoms with E-state index in [0.29, 0.717) is 23.0 Å². The number of carbonyl (C=O) groups is 1. The lowest BCUT2D eigenvalue weighted by Gasteiger charge is -2.22. The first-order chi connectivity index (χ1) is 13.2. The molecule has 0 radical (unpaired) electrons. The van der Waals surface area contributed by atoms with Gasteiger partial charge in [-0.25, -0.2) is 0 Å². The summed E-state index contributed by atoms with van der Waals surface area (Å²) in [6.45, 7) is 0.736. The highest BCUT2D eigenvalue weighted by Gasteiger charge is 2.32. The van der Waals surface area contributed by atoms with E-state index in [4.69, 9.17) is 14.0 Å². The lowest BCUT2D eigenvalue weighted by atomic mass is 10.1. The van der Waals surface area contributed by atoms with Crippen molar-refractivity contribution in [1.29, 1.82) is 0 Å². The molecule has 27 heavy (non-hydrogen) atoms. The molecule has 2 aromatic heterocycles. The summed E-state index contributed by atoms with van der Waals surface area (Å²) < 4.78 is 16.0. The van der Waals surface area contributed by atoms with Gasteiger partial charge in [0.25, 0.3) is 5.91 Å². The van der Waals surface area contributed by atoms with Crippen LogP contribution in [0.3, 0.4) is 0 Å². The van der Waals surface area contributed by atoms with Gasteiger partial charge in [-0.1, -0.05) is 11.2 Å². The van der Waals surface area contributed by atoms with Crippen molar-refractivity contribution in [3.05, 3.63) is 52.3 Å². The van der Waals surface area contributed by atoms with Crippen molar-refractivity contribution in [3.63, 3.8) is 0 Å². The Hall–Kier alpha value is -2.80. The van der Waals surface area contributed by atoms with Crippen molar-refractivity contribution < 1.29 is 18.8 Å². The lowest BCUT2D eigenvalue weighted by Crippen LogP contribution is -2.30. The van der Waals surface area contributed by atoms with E-state index in [9.17, 15) is 4.79 Å². The summed E-state index contributed by atoms with van der Waals surface area (Å²) in [5.74, 6) is 1.65. The van der Waals surface area contributed by atoms with Crippen molar-refractivity contribution in [2.75, 3.05) is 20.8 Å². The third-order valence-corrected chi connectivity index (χ3v) is 5.76. The quantitative estimate of drug-likeness (QED) is 0.652. The Morgan fingerprint density at radius 2 is 2.07 bits per heavy atom. The van der Waals surface area contributed by atoms with Crippen LogP contribution in [0.25, 0.3) is 11.3 Å². The first kappa shape index (κ1) is 17.6. The largest absolute Gasteiger partial charge is 0.493 e. The zero-order chi connectivity index (χ0) is 18.8. The predicted octanol–water partition coefficient (Wildman–Crippen LogP) is 4.40. The number of methoxy groups -OCH3 is 2.